The molecule has 4 heteroatoms. The van der Waals surface area contributed by atoms with Crippen LogP contribution >= 0.6 is 0 Å². The number of hydrogen-bond acceptors (Lipinski definition) is 3. The molecule has 1 aliphatic carbocycles. The van der Waals surface area contributed by atoms with Gasteiger partial charge in [-0.1, -0.05) is 113 Å². The van der Waals surface area contributed by atoms with Crippen molar-refractivity contribution in [2.24, 2.45) is 5.92 Å². The van der Waals surface area contributed by atoms with Gasteiger partial charge in [-0.3, -0.25) is 0 Å². The van der Waals surface area contributed by atoms with Crippen LogP contribution in [0, 0.1) is 5.92 Å². The van der Waals surface area contributed by atoms with Gasteiger partial charge in [-0.25, -0.2) is 0 Å². The predicted octanol–water partition coefficient (Wildman–Crippen LogP) is 9.27. The molecule has 5 aromatic carbocycles. The first-order valence-electron chi connectivity index (χ1n) is 15.2. The van der Waals surface area contributed by atoms with Crippen LogP contribution in [0.2, 0.25) is 0 Å². The zero-order valence-corrected chi connectivity index (χ0v) is 26.0. The molecule has 0 fully saturated rings. The van der Waals surface area contributed by atoms with E-state index in [0.717, 1.165) is 22.5 Å². The number of fused-ring (bicyclic) bond motifs is 3. The fraction of sp³-hybridized carbons (Fsp3) is 0.231. The highest BCUT2D eigenvalue weighted by Crippen LogP contribution is 2.50. The van der Waals surface area contributed by atoms with Gasteiger partial charge in [-0.05, 0) is 95.0 Å². The van der Waals surface area contributed by atoms with Gasteiger partial charge in [0.2, 0.25) is 0 Å². The van der Waals surface area contributed by atoms with E-state index in [2.05, 4.69) is 136 Å². The summed E-state index contributed by atoms with van der Waals surface area (Å²) in [5.74, 6) is 0.269. The lowest BCUT2D eigenvalue weighted by molar-refractivity contribution is 0.0423. The van der Waals surface area contributed by atoms with Crippen molar-refractivity contribution < 1.29 is 9.68 Å². The van der Waals surface area contributed by atoms with Crippen LogP contribution < -0.4 is 10.4 Å². The van der Waals surface area contributed by atoms with E-state index >= 15 is 0 Å². The summed E-state index contributed by atoms with van der Waals surface area (Å²) in [5.41, 5.74) is 11.1. The van der Waals surface area contributed by atoms with Crippen LogP contribution in [0.3, 0.4) is 0 Å². The zero-order chi connectivity index (χ0) is 30.4. The molecule has 0 heterocycles. The Kier molecular flexibility index (Phi) is 7.54. The van der Waals surface area contributed by atoms with Crippen LogP contribution in [0.1, 0.15) is 52.7 Å². The van der Waals surface area contributed by atoms with Crippen molar-refractivity contribution in [2.45, 2.75) is 52.6 Å². The molecule has 6 rings (SSSR count). The van der Waals surface area contributed by atoms with Crippen LogP contribution in [-0.4, -0.2) is 17.7 Å². The number of nitrogens with zero attached hydrogens (tertiary/aromatic N) is 1. The average Bonchev–Trinajstić information content (AvgIpc) is 3.24. The second kappa shape index (κ2) is 11.2. The highest BCUT2D eigenvalue weighted by molar-refractivity contribution is 6.60. The topological polar surface area (TPSA) is 32.7 Å². The molecule has 216 valence electrons. The quantitative estimate of drug-likeness (QED) is 0.190. The molecule has 43 heavy (non-hydrogen) atoms. The number of anilines is 3. The van der Waals surface area contributed by atoms with E-state index in [1.165, 1.54) is 33.4 Å². The molecular formula is C39H40BNO2. The molecule has 1 N–H and O–H groups in total. The molecule has 0 unspecified atom stereocenters. The Labute approximate surface area is 256 Å². The lowest BCUT2D eigenvalue weighted by atomic mass is 9.77. The Hall–Kier alpha value is -4.12. The maximum Gasteiger partial charge on any atom is 0.491 e. The summed E-state index contributed by atoms with van der Waals surface area (Å²) in [6.07, 6.45) is 0. The van der Waals surface area contributed by atoms with E-state index < -0.39 is 12.7 Å². The standard InChI is InChI=1S/C39H40BNO2/c1-27(2)39(5,6)43-40(42)30-18-22-32(23-19-30)41(31-20-16-29(17-21-31)28-12-8-7-9-13-28)33-24-25-35-34-14-10-11-15-36(34)38(3,4)37(35)26-33/h7-27,42H,1-6H3. The molecule has 3 nitrogen and oxygen atoms in total. The highest BCUT2D eigenvalue weighted by atomic mass is 16.5. The van der Waals surface area contributed by atoms with Gasteiger partial charge < -0.3 is 14.6 Å². The molecule has 0 aliphatic heterocycles. The van der Waals surface area contributed by atoms with Crippen molar-refractivity contribution in [3.8, 4) is 22.3 Å². The molecule has 0 atom stereocenters. The first kappa shape index (κ1) is 29.0. The smallest absolute Gasteiger partial charge is 0.423 e. The van der Waals surface area contributed by atoms with Crippen LogP contribution in [0.5, 0.6) is 0 Å². The number of benzene rings is 5. The second-order valence-electron chi connectivity index (χ2n) is 13.0. The predicted molar refractivity (Wildman–Crippen MR) is 182 cm³/mol. The Morgan fingerprint density at radius 3 is 1.84 bits per heavy atom. The first-order chi connectivity index (χ1) is 20.6. The van der Waals surface area contributed by atoms with E-state index in [-0.39, 0.29) is 11.3 Å². The van der Waals surface area contributed by atoms with Gasteiger partial charge in [-0.2, -0.15) is 0 Å². The fourth-order valence-electron chi connectivity index (χ4n) is 5.99. The third-order valence-electron chi connectivity index (χ3n) is 9.30. The monoisotopic (exact) mass is 565 g/mol. The van der Waals surface area contributed by atoms with E-state index in [4.69, 9.17) is 4.65 Å². The molecule has 0 aromatic heterocycles. The van der Waals surface area contributed by atoms with Gasteiger partial charge >= 0.3 is 7.12 Å². The lowest BCUT2D eigenvalue weighted by Gasteiger charge is -2.31. The van der Waals surface area contributed by atoms with Crippen molar-refractivity contribution in [1.29, 1.82) is 0 Å². The molecular weight excluding hydrogens is 525 g/mol. The van der Waals surface area contributed by atoms with Crippen molar-refractivity contribution >= 4 is 29.6 Å². The minimum absolute atomic E-state index is 0.0979. The van der Waals surface area contributed by atoms with E-state index in [9.17, 15) is 5.02 Å². The van der Waals surface area contributed by atoms with Gasteiger partial charge in [0, 0.05) is 22.5 Å². The molecule has 0 bridgehead atoms. The van der Waals surface area contributed by atoms with Crippen molar-refractivity contribution in [1.82, 2.24) is 0 Å². The third kappa shape index (κ3) is 5.42. The van der Waals surface area contributed by atoms with E-state index in [1.807, 2.05) is 32.0 Å². The molecule has 0 saturated heterocycles. The van der Waals surface area contributed by atoms with Crippen LogP contribution in [0.25, 0.3) is 22.3 Å². The van der Waals surface area contributed by atoms with Gasteiger partial charge in [0.15, 0.2) is 0 Å². The normalized spacial score (nSPS) is 13.5. The van der Waals surface area contributed by atoms with Gasteiger partial charge in [0.1, 0.15) is 0 Å². The summed E-state index contributed by atoms with van der Waals surface area (Å²) < 4.78 is 6.06. The summed E-state index contributed by atoms with van der Waals surface area (Å²) in [4.78, 5) is 2.29. The largest absolute Gasteiger partial charge is 0.491 e. The molecule has 0 saturated carbocycles. The molecule has 0 amide bonds. The van der Waals surface area contributed by atoms with Gasteiger partial charge in [0.05, 0.1) is 5.60 Å². The highest BCUT2D eigenvalue weighted by Gasteiger charge is 2.36. The van der Waals surface area contributed by atoms with Crippen molar-refractivity contribution in [3.63, 3.8) is 0 Å². The van der Waals surface area contributed by atoms with Gasteiger partial charge in [-0.15, -0.1) is 0 Å². The molecule has 0 spiro atoms. The minimum atomic E-state index is -0.996. The van der Waals surface area contributed by atoms with Crippen molar-refractivity contribution in [3.05, 3.63) is 132 Å². The SMILES string of the molecule is CC(C)C(C)(C)OB(O)c1ccc(N(c2ccc(-c3ccccc3)cc2)c2ccc3c(c2)C(C)(C)c2ccccc2-3)cc1. The second-order valence-corrected chi connectivity index (χ2v) is 13.0. The maximum absolute atomic E-state index is 10.9. The first-order valence-corrected chi connectivity index (χ1v) is 15.2. The minimum Gasteiger partial charge on any atom is -0.423 e. The third-order valence-corrected chi connectivity index (χ3v) is 9.30. The Bertz CT molecular complexity index is 1720. The molecule has 5 aromatic rings. The summed E-state index contributed by atoms with van der Waals surface area (Å²) >= 11 is 0. The summed E-state index contributed by atoms with van der Waals surface area (Å²) in [6.45, 7) is 12.9. The average molecular weight is 566 g/mol. The fourth-order valence-corrected chi connectivity index (χ4v) is 5.99. The van der Waals surface area contributed by atoms with Crippen LogP contribution in [0.4, 0.5) is 17.1 Å². The Balaban J connectivity index is 1.41. The zero-order valence-electron chi connectivity index (χ0n) is 26.0. The summed E-state index contributed by atoms with van der Waals surface area (Å²) in [7, 11) is -0.996. The van der Waals surface area contributed by atoms with E-state index in [1.54, 1.807) is 0 Å². The summed E-state index contributed by atoms with van der Waals surface area (Å²) in [6, 6.07) is 42.9. The van der Waals surface area contributed by atoms with Gasteiger partial charge in [0.25, 0.3) is 0 Å². The Morgan fingerprint density at radius 2 is 1.19 bits per heavy atom. The lowest BCUT2D eigenvalue weighted by Crippen LogP contribution is -2.44. The van der Waals surface area contributed by atoms with Crippen LogP contribution in [0.15, 0.2) is 121 Å². The number of hydrogen-bond donors (Lipinski definition) is 1. The maximum atomic E-state index is 10.9. The number of rotatable bonds is 8. The Morgan fingerprint density at radius 1 is 0.651 bits per heavy atom. The van der Waals surface area contributed by atoms with E-state index in [0.29, 0.717) is 0 Å². The molecule has 1 aliphatic rings. The van der Waals surface area contributed by atoms with Crippen molar-refractivity contribution in [2.75, 3.05) is 4.90 Å². The van der Waals surface area contributed by atoms with Crippen LogP contribution in [-0.2, 0) is 10.1 Å². The molecule has 0 radical (unpaired) electrons. The summed E-state index contributed by atoms with van der Waals surface area (Å²) in [5, 5.41) is 10.9.